The van der Waals surface area contributed by atoms with E-state index in [0.717, 1.165) is 25.1 Å². The molecule has 128 valence electrons. The maximum Gasteiger partial charge on any atom is 0.231 e. The number of hydrogen-bond acceptors (Lipinski definition) is 5. The Morgan fingerprint density at radius 1 is 0.960 bits per heavy atom. The predicted octanol–water partition coefficient (Wildman–Crippen LogP) is 2.98. The van der Waals surface area contributed by atoms with Crippen LogP contribution in [-0.4, -0.2) is 23.2 Å². The maximum absolute atomic E-state index is 6.28. The molecule has 0 radical (unpaired) electrons. The first-order chi connectivity index (χ1) is 12.3. The minimum absolute atomic E-state index is 0.211. The fourth-order valence-corrected chi connectivity index (χ4v) is 3.46. The normalized spacial score (nSPS) is 21.8. The van der Waals surface area contributed by atoms with E-state index in [0.29, 0.717) is 17.6 Å². The van der Waals surface area contributed by atoms with Crippen LogP contribution in [0.3, 0.4) is 0 Å². The van der Waals surface area contributed by atoms with Gasteiger partial charge in [0.15, 0.2) is 5.82 Å². The van der Waals surface area contributed by atoms with Crippen molar-refractivity contribution in [3.63, 3.8) is 0 Å². The first kappa shape index (κ1) is 16.0. The van der Waals surface area contributed by atoms with Gasteiger partial charge in [-0.05, 0) is 23.5 Å². The van der Waals surface area contributed by atoms with Crippen molar-refractivity contribution in [1.29, 1.82) is 0 Å². The van der Waals surface area contributed by atoms with Crippen molar-refractivity contribution in [2.45, 2.75) is 24.3 Å². The molecule has 1 aliphatic heterocycles. The first-order valence-electron chi connectivity index (χ1n) is 8.71. The third kappa shape index (κ3) is 3.48. The average Bonchev–Trinajstić information content (AvgIpc) is 3.19. The number of hydrogen-bond donors (Lipinski definition) is 2. The summed E-state index contributed by atoms with van der Waals surface area (Å²) in [4.78, 5) is 4.60. The molecule has 1 unspecified atom stereocenters. The molecule has 0 aliphatic carbocycles. The number of nitrogens with one attached hydrogen (secondary N) is 1. The van der Waals surface area contributed by atoms with Crippen LogP contribution in [-0.2, 0) is 0 Å². The van der Waals surface area contributed by atoms with E-state index in [1.807, 2.05) is 36.4 Å². The van der Waals surface area contributed by atoms with E-state index < -0.39 is 0 Å². The van der Waals surface area contributed by atoms with Crippen LogP contribution in [0, 0.1) is 0 Å². The lowest BCUT2D eigenvalue weighted by molar-refractivity contribution is 0.306. The summed E-state index contributed by atoms with van der Waals surface area (Å²) in [6, 6.07) is 20.1. The van der Waals surface area contributed by atoms with Gasteiger partial charge in [0, 0.05) is 13.1 Å². The molecule has 1 saturated heterocycles. The average molecular weight is 334 g/mol. The van der Waals surface area contributed by atoms with Crippen LogP contribution in [0.15, 0.2) is 65.2 Å². The van der Waals surface area contributed by atoms with Crippen LogP contribution < -0.4 is 11.1 Å². The SMILES string of the molecule is NC(c1ccccc1)c1noc([C@@H]2CNC[C@H](c3ccccc3)C2)n1. The molecule has 0 bridgehead atoms. The second-order valence-electron chi connectivity index (χ2n) is 6.58. The zero-order chi connectivity index (χ0) is 17.1. The number of piperidine rings is 1. The van der Waals surface area contributed by atoms with E-state index in [1.165, 1.54) is 5.56 Å². The van der Waals surface area contributed by atoms with Gasteiger partial charge in [0.05, 0.1) is 12.0 Å². The Hall–Kier alpha value is -2.50. The second-order valence-corrected chi connectivity index (χ2v) is 6.58. The maximum atomic E-state index is 6.28. The Labute approximate surface area is 147 Å². The largest absolute Gasteiger partial charge is 0.339 e. The van der Waals surface area contributed by atoms with Crippen LogP contribution in [0.2, 0.25) is 0 Å². The van der Waals surface area contributed by atoms with Gasteiger partial charge >= 0.3 is 0 Å². The van der Waals surface area contributed by atoms with Crippen molar-refractivity contribution in [3.05, 3.63) is 83.5 Å². The highest BCUT2D eigenvalue weighted by Crippen LogP contribution is 2.32. The molecule has 3 aromatic rings. The lowest BCUT2D eigenvalue weighted by Gasteiger charge is -2.28. The fraction of sp³-hybridized carbons (Fsp3) is 0.300. The number of aromatic nitrogens is 2. The summed E-state index contributed by atoms with van der Waals surface area (Å²) >= 11 is 0. The fourth-order valence-electron chi connectivity index (χ4n) is 3.46. The van der Waals surface area contributed by atoms with Gasteiger partial charge in [0.2, 0.25) is 5.89 Å². The third-order valence-electron chi connectivity index (χ3n) is 4.87. The highest BCUT2D eigenvalue weighted by atomic mass is 16.5. The molecule has 1 aromatic heterocycles. The molecule has 0 saturated carbocycles. The number of rotatable bonds is 4. The van der Waals surface area contributed by atoms with Gasteiger partial charge in [-0.3, -0.25) is 0 Å². The molecule has 3 N–H and O–H groups in total. The van der Waals surface area contributed by atoms with E-state index in [4.69, 9.17) is 10.3 Å². The van der Waals surface area contributed by atoms with Crippen molar-refractivity contribution >= 4 is 0 Å². The predicted molar refractivity (Wildman–Crippen MR) is 96.2 cm³/mol. The summed E-state index contributed by atoms with van der Waals surface area (Å²) in [5, 5.41) is 7.62. The molecule has 2 heterocycles. The Bertz CT molecular complexity index is 803. The van der Waals surface area contributed by atoms with E-state index in [9.17, 15) is 0 Å². The lowest BCUT2D eigenvalue weighted by atomic mass is 9.85. The molecule has 3 atom stereocenters. The van der Waals surface area contributed by atoms with E-state index in [2.05, 4.69) is 39.7 Å². The number of nitrogens with two attached hydrogens (primary N) is 1. The van der Waals surface area contributed by atoms with Gasteiger partial charge in [0.25, 0.3) is 0 Å². The zero-order valence-electron chi connectivity index (χ0n) is 14.0. The summed E-state index contributed by atoms with van der Waals surface area (Å²) in [6.07, 6.45) is 0.999. The molecule has 5 nitrogen and oxygen atoms in total. The van der Waals surface area contributed by atoms with E-state index in [1.54, 1.807) is 0 Å². The zero-order valence-corrected chi connectivity index (χ0v) is 14.0. The minimum Gasteiger partial charge on any atom is -0.339 e. The summed E-state index contributed by atoms with van der Waals surface area (Å²) in [7, 11) is 0. The molecular formula is C20H22N4O. The van der Waals surface area contributed by atoms with Gasteiger partial charge in [-0.25, -0.2) is 0 Å². The number of benzene rings is 2. The number of nitrogens with zero attached hydrogens (tertiary/aromatic N) is 2. The van der Waals surface area contributed by atoms with Crippen LogP contribution in [0.1, 0.15) is 47.1 Å². The summed E-state index contributed by atoms with van der Waals surface area (Å²) < 4.78 is 5.55. The molecule has 0 spiro atoms. The van der Waals surface area contributed by atoms with Crippen molar-refractivity contribution in [1.82, 2.24) is 15.5 Å². The van der Waals surface area contributed by atoms with Gasteiger partial charge in [-0.15, -0.1) is 0 Å². The molecular weight excluding hydrogens is 312 g/mol. The van der Waals surface area contributed by atoms with Crippen molar-refractivity contribution < 1.29 is 4.52 Å². The monoisotopic (exact) mass is 334 g/mol. The molecule has 1 fully saturated rings. The second kappa shape index (κ2) is 7.17. The smallest absolute Gasteiger partial charge is 0.231 e. The van der Waals surface area contributed by atoms with E-state index in [-0.39, 0.29) is 12.0 Å². The standard InChI is InChI=1S/C20H22N4O/c21-18(15-9-5-2-6-10-15)19-23-20(25-24-19)17-11-16(12-22-13-17)14-7-3-1-4-8-14/h1-10,16-18,22H,11-13,21H2/t16-,17+,18?/m1/s1. The Morgan fingerprint density at radius 3 is 2.40 bits per heavy atom. The molecule has 25 heavy (non-hydrogen) atoms. The highest BCUT2D eigenvalue weighted by molar-refractivity contribution is 5.24. The molecule has 0 amide bonds. The molecule has 5 heteroatoms. The Morgan fingerprint density at radius 2 is 1.64 bits per heavy atom. The minimum atomic E-state index is -0.361. The molecule has 4 rings (SSSR count). The lowest BCUT2D eigenvalue weighted by Crippen LogP contribution is -2.34. The third-order valence-corrected chi connectivity index (χ3v) is 4.87. The Balaban J connectivity index is 1.50. The highest BCUT2D eigenvalue weighted by Gasteiger charge is 2.29. The van der Waals surface area contributed by atoms with Crippen LogP contribution in [0.4, 0.5) is 0 Å². The van der Waals surface area contributed by atoms with Crippen molar-refractivity contribution in [2.24, 2.45) is 5.73 Å². The summed E-state index contributed by atoms with van der Waals surface area (Å²) in [6.45, 7) is 1.83. The van der Waals surface area contributed by atoms with Crippen molar-refractivity contribution in [2.75, 3.05) is 13.1 Å². The van der Waals surface area contributed by atoms with Crippen molar-refractivity contribution in [3.8, 4) is 0 Å². The van der Waals surface area contributed by atoms with Crippen LogP contribution in [0.25, 0.3) is 0 Å². The van der Waals surface area contributed by atoms with E-state index >= 15 is 0 Å². The first-order valence-corrected chi connectivity index (χ1v) is 8.71. The topological polar surface area (TPSA) is 77.0 Å². The van der Waals surface area contributed by atoms with Gasteiger partial charge in [-0.1, -0.05) is 65.8 Å². The van der Waals surface area contributed by atoms with Crippen LogP contribution in [0.5, 0.6) is 0 Å². The van der Waals surface area contributed by atoms with Gasteiger partial charge in [0.1, 0.15) is 0 Å². The summed E-state index contributed by atoms with van der Waals surface area (Å²) in [5.74, 6) is 1.89. The quantitative estimate of drug-likeness (QED) is 0.767. The summed E-state index contributed by atoms with van der Waals surface area (Å²) in [5.41, 5.74) is 8.61. The van der Waals surface area contributed by atoms with Crippen LogP contribution >= 0.6 is 0 Å². The molecule has 2 aromatic carbocycles. The molecule has 1 aliphatic rings. The van der Waals surface area contributed by atoms with Gasteiger partial charge < -0.3 is 15.6 Å². The Kier molecular flexibility index (Phi) is 4.59. The van der Waals surface area contributed by atoms with Gasteiger partial charge in [-0.2, -0.15) is 4.98 Å².